The SMILES string of the molecule is CCCN(C(=O)c1nn(-c2ccccc2)c2c1CCC2)C1CCNCC1. The Labute approximate surface area is 155 Å². The molecular formula is C21H28N4O. The predicted octanol–water partition coefficient (Wildman–Crippen LogP) is 2.97. The first-order valence-electron chi connectivity index (χ1n) is 9.97. The van der Waals surface area contributed by atoms with Gasteiger partial charge in [-0.1, -0.05) is 25.1 Å². The molecule has 138 valence electrons. The minimum absolute atomic E-state index is 0.131. The number of piperidine rings is 1. The summed E-state index contributed by atoms with van der Waals surface area (Å²) in [6.45, 7) is 4.95. The van der Waals surface area contributed by atoms with Crippen LogP contribution < -0.4 is 5.32 Å². The number of carbonyl (C=O) groups is 1. The molecule has 1 fully saturated rings. The summed E-state index contributed by atoms with van der Waals surface area (Å²) < 4.78 is 2.00. The van der Waals surface area contributed by atoms with Crippen LogP contribution in [0.25, 0.3) is 5.69 Å². The zero-order valence-electron chi connectivity index (χ0n) is 15.6. The molecule has 1 aromatic heterocycles. The van der Waals surface area contributed by atoms with Gasteiger partial charge in [0, 0.05) is 23.8 Å². The van der Waals surface area contributed by atoms with Crippen molar-refractivity contribution in [3.8, 4) is 5.69 Å². The van der Waals surface area contributed by atoms with Crippen LogP contribution in [0.1, 0.15) is 54.4 Å². The summed E-state index contributed by atoms with van der Waals surface area (Å²) in [5, 5.41) is 8.21. The van der Waals surface area contributed by atoms with Gasteiger partial charge in [-0.15, -0.1) is 0 Å². The molecule has 1 aromatic carbocycles. The normalized spacial score (nSPS) is 17.3. The molecule has 26 heavy (non-hydrogen) atoms. The number of para-hydroxylation sites is 1. The molecule has 0 atom stereocenters. The summed E-state index contributed by atoms with van der Waals surface area (Å²) in [4.78, 5) is 15.6. The zero-order chi connectivity index (χ0) is 17.9. The van der Waals surface area contributed by atoms with Crippen LogP contribution in [0.2, 0.25) is 0 Å². The number of fused-ring (bicyclic) bond motifs is 1. The molecule has 5 nitrogen and oxygen atoms in total. The Morgan fingerprint density at radius 3 is 2.73 bits per heavy atom. The lowest BCUT2D eigenvalue weighted by Crippen LogP contribution is -2.46. The van der Waals surface area contributed by atoms with Crippen molar-refractivity contribution in [1.29, 1.82) is 0 Å². The van der Waals surface area contributed by atoms with E-state index in [1.807, 2.05) is 22.9 Å². The van der Waals surface area contributed by atoms with Crippen LogP contribution >= 0.6 is 0 Å². The number of nitrogens with one attached hydrogen (secondary N) is 1. The minimum atomic E-state index is 0.131. The number of hydrogen-bond donors (Lipinski definition) is 1. The van der Waals surface area contributed by atoms with Crippen LogP contribution in [0, 0.1) is 0 Å². The van der Waals surface area contributed by atoms with Gasteiger partial charge in [0.15, 0.2) is 5.69 Å². The maximum absolute atomic E-state index is 13.5. The molecule has 5 heteroatoms. The monoisotopic (exact) mass is 352 g/mol. The molecule has 0 saturated carbocycles. The fraction of sp³-hybridized carbons (Fsp3) is 0.524. The van der Waals surface area contributed by atoms with E-state index in [2.05, 4.69) is 29.3 Å². The lowest BCUT2D eigenvalue weighted by molar-refractivity contribution is 0.0635. The van der Waals surface area contributed by atoms with Gasteiger partial charge >= 0.3 is 0 Å². The Bertz CT molecular complexity index is 762. The van der Waals surface area contributed by atoms with E-state index in [9.17, 15) is 4.79 Å². The lowest BCUT2D eigenvalue weighted by Gasteiger charge is -2.34. The topological polar surface area (TPSA) is 50.2 Å². The average Bonchev–Trinajstić information content (AvgIpc) is 3.30. The van der Waals surface area contributed by atoms with E-state index in [-0.39, 0.29) is 5.91 Å². The summed E-state index contributed by atoms with van der Waals surface area (Å²) in [7, 11) is 0. The highest BCUT2D eigenvalue weighted by Gasteiger charge is 2.32. The molecule has 4 rings (SSSR count). The van der Waals surface area contributed by atoms with Crippen molar-refractivity contribution in [3.05, 3.63) is 47.3 Å². The summed E-state index contributed by atoms with van der Waals surface area (Å²) in [5.41, 5.74) is 4.14. The van der Waals surface area contributed by atoms with Crippen molar-refractivity contribution in [2.45, 2.75) is 51.5 Å². The number of carbonyl (C=O) groups excluding carboxylic acids is 1. The second-order valence-electron chi connectivity index (χ2n) is 7.35. The van der Waals surface area contributed by atoms with Gasteiger partial charge in [-0.3, -0.25) is 4.79 Å². The number of hydrogen-bond acceptors (Lipinski definition) is 3. The van der Waals surface area contributed by atoms with Crippen LogP contribution in [-0.4, -0.2) is 46.3 Å². The van der Waals surface area contributed by atoms with Crippen LogP contribution in [0.15, 0.2) is 30.3 Å². The highest BCUT2D eigenvalue weighted by molar-refractivity contribution is 5.94. The van der Waals surface area contributed by atoms with Gasteiger partial charge in [0.25, 0.3) is 5.91 Å². The Morgan fingerprint density at radius 2 is 2.00 bits per heavy atom. The first-order valence-corrected chi connectivity index (χ1v) is 9.97. The smallest absolute Gasteiger partial charge is 0.274 e. The lowest BCUT2D eigenvalue weighted by atomic mass is 10.0. The molecule has 1 amide bonds. The molecule has 0 spiro atoms. The number of benzene rings is 1. The molecule has 1 aliphatic carbocycles. The van der Waals surface area contributed by atoms with Crippen molar-refractivity contribution >= 4 is 5.91 Å². The van der Waals surface area contributed by atoms with E-state index in [0.29, 0.717) is 11.7 Å². The van der Waals surface area contributed by atoms with Crippen molar-refractivity contribution in [2.75, 3.05) is 19.6 Å². The molecule has 1 aliphatic heterocycles. The molecule has 2 heterocycles. The highest BCUT2D eigenvalue weighted by Crippen LogP contribution is 2.29. The molecule has 1 saturated heterocycles. The Hall–Kier alpha value is -2.14. The van der Waals surface area contributed by atoms with Gasteiger partial charge in [0.1, 0.15) is 0 Å². The van der Waals surface area contributed by atoms with Crippen molar-refractivity contribution in [3.63, 3.8) is 0 Å². The number of rotatable bonds is 5. The van der Waals surface area contributed by atoms with Crippen LogP contribution in [0.5, 0.6) is 0 Å². The third kappa shape index (κ3) is 3.16. The standard InChI is InChI=1S/C21H28N4O/c1-2-15-24(16-11-13-22-14-12-16)21(26)20-18-9-6-10-19(18)25(23-20)17-7-4-3-5-8-17/h3-5,7-8,16,22H,2,6,9-15H2,1H3. The number of amides is 1. The summed E-state index contributed by atoms with van der Waals surface area (Å²) in [5.74, 6) is 0.131. The van der Waals surface area contributed by atoms with Gasteiger partial charge in [-0.25, -0.2) is 4.68 Å². The molecule has 0 bridgehead atoms. The quantitative estimate of drug-likeness (QED) is 0.900. The van der Waals surface area contributed by atoms with Crippen molar-refractivity contribution in [2.24, 2.45) is 0 Å². The van der Waals surface area contributed by atoms with Crippen molar-refractivity contribution in [1.82, 2.24) is 20.0 Å². The molecule has 0 unspecified atom stereocenters. The predicted molar refractivity (Wildman–Crippen MR) is 103 cm³/mol. The summed E-state index contributed by atoms with van der Waals surface area (Å²) in [6, 6.07) is 10.5. The second kappa shape index (κ2) is 7.62. The highest BCUT2D eigenvalue weighted by atomic mass is 16.2. The van der Waals surface area contributed by atoms with Gasteiger partial charge in [-0.05, 0) is 63.7 Å². The number of aromatic nitrogens is 2. The first-order chi connectivity index (χ1) is 12.8. The first kappa shape index (κ1) is 17.3. The van der Waals surface area contributed by atoms with E-state index in [1.54, 1.807) is 0 Å². The maximum Gasteiger partial charge on any atom is 0.274 e. The van der Waals surface area contributed by atoms with Crippen LogP contribution in [-0.2, 0) is 12.8 Å². The Morgan fingerprint density at radius 1 is 1.23 bits per heavy atom. The minimum Gasteiger partial charge on any atom is -0.334 e. The van der Waals surface area contributed by atoms with Crippen LogP contribution in [0.3, 0.4) is 0 Å². The van der Waals surface area contributed by atoms with Crippen molar-refractivity contribution < 1.29 is 4.79 Å². The molecule has 0 radical (unpaired) electrons. The van der Waals surface area contributed by atoms with Gasteiger partial charge < -0.3 is 10.2 Å². The Balaban J connectivity index is 1.69. The van der Waals surface area contributed by atoms with Gasteiger partial charge in [-0.2, -0.15) is 5.10 Å². The average molecular weight is 352 g/mol. The summed E-state index contributed by atoms with van der Waals surface area (Å²) >= 11 is 0. The summed E-state index contributed by atoms with van der Waals surface area (Å²) in [6.07, 6.45) is 6.14. The molecule has 1 N–H and O–H groups in total. The van der Waals surface area contributed by atoms with Gasteiger partial charge in [0.2, 0.25) is 0 Å². The second-order valence-corrected chi connectivity index (χ2v) is 7.35. The maximum atomic E-state index is 13.5. The largest absolute Gasteiger partial charge is 0.334 e. The fourth-order valence-corrected chi connectivity index (χ4v) is 4.34. The molecule has 2 aliphatic rings. The van der Waals surface area contributed by atoms with E-state index in [4.69, 9.17) is 5.10 Å². The third-order valence-corrected chi connectivity index (χ3v) is 5.61. The van der Waals surface area contributed by atoms with Gasteiger partial charge in [0.05, 0.1) is 5.69 Å². The van der Waals surface area contributed by atoms with Crippen LogP contribution in [0.4, 0.5) is 0 Å². The molecular weight excluding hydrogens is 324 g/mol. The molecule has 2 aromatic rings. The van der Waals surface area contributed by atoms with E-state index >= 15 is 0 Å². The van der Waals surface area contributed by atoms with E-state index in [0.717, 1.165) is 63.8 Å². The number of nitrogens with zero attached hydrogens (tertiary/aromatic N) is 3. The Kier molecular flexibility index (Phi) is 5.07. The third-order valence-electron chi connectivity index (χ3n) is 5.61. The zero-order valence-corrected chi connectivity index (χ0v) is 15.6. The fourth-order valence-electron chi connectivity index (χ4n) is 4.34. The van der Waals surface area contributed by atoms with E-state index in [1.165, 1.54) is 11.3 Å². The van der Waals surface area contributed by atoms with E-state index < -0.39 is 0 Å².